The Hall–Kier alpha value is -2.67. The summed E-state index contributed by atoms with van der Waals surface area (Å²) in [7, 11) is 0. The largest absolute Gasteiger partial charge is 0.326 e. The minimum absolute atomic E-state index is 0.161. The molecule has 21 heavy (non-hydrogen) atoms. The van der Waals surface area contributed by atoms with Crippen LogP contribution in [0.1, 0.15) is 17.5 Å². The summed E-state index contributed by atoms with van der Waals surface area (Å²) in [6.07, 6.45) is 0.938. The standard InChI is InChI=1S/C17H15FN2O/c18-16-4-2-1-3-14(16)7-10-17(21)20-15-8-5-13(6-9-15)11-12-19/h1-6,8-9H,7,10-11H2,(H,20,21). The van der Waals surface area contributed by atoms with E-state index in [-0.39, 0.29) is 18.1 Å². The number of carbonyl (C=O) groups excluding carboxylic acids is 1. The summed E-state index contributed by atoms with van der Waals surface area (Å²) in [5, 5.41) is 11.3. The molecule has 0 aromatic heterocycles. The summed E-state index contributed by atoms with van der Waals surface area (Å²) in [6.45, 7) is 0. The predicted octanol–water partition coefficient (Wildman–Crippen LogP) is 3.46. The van der Waals surface area contributed by atoms with Gasteiger partial charge in [0.2, 0.25) is 5.91 Å². The van der Waals surface area contributed by atoms with Crippen LogP contribution in [0, 0.1) is 17.1 Å². The molecule has 0 atom stereocenters. The van der Waals surface area contributed by atoms with Gasteiger partial charge in [-0.25, -0.2) is 4.39 Å². The number of nitrogens with zero attached hydrogens (tertiary/aromatic N) is 1. The highest BCUT2D eigenvalue weighted by atomic mass is 19.1. The fraction of sp³-hybridized carbons (Fsp3) is 0.176. The summed E-state index contributed by atoms with van der Waals surface area (Å²) < 4.78 is 13.4. The monoisotopic (exact) mass is 282 g/mol. The second-order valence-corrected chi connectivity index (χ2v) is 4.67. The van der Waals surface area contributed by atoms with Crippen LogP contribution in [0.25, 0.3) is 0 Å². The molecule has 0 spiro atoms. The molecule has 0 bridgehead atoms. The average molecular weight is 282 g/mol. The first-order valence-corrected chi connectivity index (χ1v) is 6.68. The van der Waals surface area contributed by atoms with Gasteiger partial charge < -0.3 is 5.32 Å². The molecule has 1 N–H and O–H groups in total. The molecule has 0 radical (unpaired) electrons. The smallest absolute Gasteiger partial charge is 0.224 e. The molecule has 3 nitrogen and oxygen atoms in total. The Morgan fingerprint density at radius 2 is 1.86 bits per heavy atom. The van der Waals surface area contributed by atoms with Gasteiger partial charge in [0.15, 0.2) is 0 Å². The molecule has 0 saturated carbocycles. The Balaban J connectivity index is 1.87. The summed E-state index contributed by atoms with van der Waals surface area (Å²) in [5.41, 5.74) is 2.12. The van der Waals surface area contributed by atoms with E-state index in [1.165, 1.54) is 6.07 Å². The number of amides is 1. The van der Waals surface area contributed by atoms with Gasteiger partial charge in [-0.2, -0.15) is 5.26 Å². The van der Waals surface area contributed by atoms with E-state index in [0.29, 0.717) is 24.1 Å². The lowest BCUT2D eigenvalue weighted by atomic mass is 10.1. The third-order valence-electron chi connectivity index (χ3n) is 3.10. The number of nitrogens with one attached hydrogen (secondary N) is 1. The van der Waals surface area contributed by atoms with E-state index >= 15 is 0 Å². The van der Waals surface area contributed by atoms with Crippen molar-refractivity contribution in [3.8, 4) is 6.07 Å². The molecular weight excluding hydrogens is 267 g/mol. The van der Waals surface area contributed by atoms with E-state index in [1.807, 2.05) is 0 Å². The van der Waals surface area contributed by atoms with Crippen molar-refractivity contribution >= 4 is 11.6 Å². The Morgan fingerprint density at radius 3 is 2.52 bits per heavy atom. The van der Waals surface area contributed by atoms with Crippen LogP contribution in [0.15, 0.2) is 48.5 Å². The molecule has 4 heteroatoms. The van der Waals surface area contributed by atoms with E-state index in [4.69, 9.17) is 5.26 Å². The van der Waals surface area contributed by atoms with Crippen molar-refractivity contribution in [1.29, 1.82) is 5.26 Å². The Bertz CT molecular complexity index is 659. The first-order valence-electron chi connectivity index (χ1n) is 6.68. The van der Waals surface area contributed by atoms with Crippen LogP contribution in [-0.2, 0) is 17.6 Å². The lowest BCUT2D eigenvalue weighted by molar-refractivity contribution is -0.116. The minimum atomic E-state index is -0.286. The lowest BCUT2D eigenvalue weighted by Crippen LogP contribution is -2.12. The van der Waals surface area contributed by atoms with E-state index in [1.54, 1.807) is 42.5 Å². The number of carbonyl (C=O) groups is 1. The maximum absolute atomic E-state index is 13.4. The molecule has 0 fully saturated rings. The molecule has 2 rings (SSSR count). The van der Waals surface area contributed by atoms with Crippen LogP contribution in [-0.4, -0.2) is 5.91 Å². The van der Waals surface area contributed by atoms with Gasteiger partial charge in [0.05, 0.1) is 12.5 Å². The number of halogens is 1. The third-order valence-corrected chi connectivity index (χ3v) is 3.10. The Morgan fingerprint density at radius 1 is 1.14 bits per heavy atom. The van der Waals surface area contributed by atoms with Crippen molar-refractivity contribution < 1.29 is 9.18 Å². The van der Waals surface area contributed by atoms with Crippen LogP contribution in [0.3, 0.4) is 0 Å². The first kappa shape index (κ1) is 14.7. The van der Waals surface area contributed by atoms with Gasteiger partial charge >= 0.3 is 0 Å². The van der Waals surface area contributed by atoms with Crippen molar-refractivity contribution in [1.82, 2.24) is 0 Å². The molecular formula is C17H15FN2O. The highest BCUT2D eigenvalue weighted by Crippen LogP contribution is 2.12. The number of rotatable bonds is 5. The van der Waals surface area contributed by atoms with E-state index in [2.05, 4.69) is 11.4 Å². The third kappa shape index (κ3) is 4.43. The van der Waals surface area contributed by atoms with Gasteiger partial charge in [-0.1, -0.05) is 30.3 Å². The quantitative estimate of drug-likeness (QED) is 0.913. The van der Waals surface area contributed by atoms with Crippen LogP contribution >= 0.6 is 0 Å². The van der Waals surface area contributed by atoms with Crippen LogP contribution in [0.5, 0.6) is 0 Å². The number of nitriles is 1. The molecule has 0 aliphatic rings. The first-order chi connectivity index (χ1) is 10.2. The molecule has 0 aliphatic carbocycles. The van der Waals surface area contributed by atoms with Crippen molar-refractivity contribution in [2.24, 2.45) is 0 Å². The van der Waals surface area contributed by atoms with E-state index in [0.717, 1.165) is 5.56 Å². The zero-order valence-corrected chi connectivity index (χ0v) is 11.5. The molecule has 0 unspecified atom stereocenters. The summed E-state index contributed by atoms with van der Waals surface area (Å²) in [5.74, 6) is -0.447. The zero-order chi connectivity index (χ0) is 15.1. The number of hydrogen-bond acceptors (Lipinski definition) is 2. The zero-order valence-electron chi connectivity index (χ0n) is 11.5. The second kappa shape index (κ2) is 7.20. The molecule has 2 aromatic rings. The van der Waals surface area contributed by atoms with Crippen LogP contribution in [0.4, 0.5) is 10.1 Å². The molecule has 0 saturated heterocycles. The minimum Gasteiger partial charge on any atom is -0.326 e. The van der Waals surface area contributed by atoms with Crippen molar-refractivity contribution in [3.05, 3.63) is 65.5 Å². The molecule has 0 heterocycles. The average Bonchev–Trinajstić information content (AvgIpc) is 2.49. The number of anilines is 1. The topological polar surface area (TPSA) is 52.9 Å². The van der Waals surface area contributed by atoms with Crippen LogP contribution in [0.2, 0.25) is 0 Å². The highest BCUT2D eigenvalue weighted by molar-refractivity contribution is 5.90. The summed E-state index contributed by atoms with van der Waals surface area (Å²) >= 11 is 0. The van der Waals surface area contributed by atoms with Crippen molar-refractivity contribution in [2.45, 2.75) is 19.3 Å². The fourth-order valence-corrected chi connectivity index (χ4v) is 1.97. The number of benzene rings is 2. The molecule has 106 valence electrons. The maximum Gasteiger partial charge on any atom is 0.224 e. The second-order valence-electron chi connectivity index (χ2n) is 4.67. The normalized spacial score (nSPS) is 9.90. The summed E-state index contributed by atoms with van der Waals surface area (Å²) in [6, 6.07) is 15.6. The van der Waals surface area contributed by atoms with Gasteiger partial charge in [0.1, 0.15) is 5.82 Å². The molecule has 2 aromatic carbocycles. The SMILES string of the molecule is N#CCc1ccc(NC(=O)CCc2ccccc2F)cc1. The van der Waals surface area contributed by atoms with E-state index in [9.17, 15) is 9.18 Å². The number of aryl methyl sites for hydroxylation is 1. The van der Waals surface area contributed by atoms with E-state index < -0.39 is 0 Å². The molecule has 0 aliphatic heterocycles. The summed E-state index contributed by atoms with van der Waals surface area (Å²) in [4.78, 5) is 11.8. The molecule has 1 amide bonds. The Kier molecular flexibility index (Phi) is 5.05. The Labute approximate surface area is 123 Å². The lowest BCUT2D eigenvalue weighted by Gasteiger charge is -2.06. The maximum atomic E-state index is 13.4. The van der Waals surface area contributed by atoms with Gasteiger partial charge in [0, 0.05) is 12.1 Å². The predicted molar refractivity (Wildman–Crippen MR) is 79.1 cm³/mol. The van der Waals surface area contributed by atoms with Crippen molar-refractivity contribution in [2.75, 3.05) is 5.32 Å². The van der Waals surface area contributed by atoms with Gasteiger partial charge in [-0.3, -0.25) is 4.79 Å². The van der Waals surface area contributed by atoms with Crippen molar-refractivity contribution in [3.63, 3.8) is 0 Å². The highest BCUT2D eigenvalue weighted by Gasteiger charge is 2.06. The van der Waals surface area contributed by atoms with Gasteiger partial charge in [-0.15, -0.1) is 0 Å². The fourth-order valence-electron chi connectivity index (χ4n) is 1.97. The van der Waals surface area contributed by atoms with Gasteiger partial charge in [0.25, 0.3) is 0 Å². The van der Waals surface area contributed by atoms with Crippen LogP contribution < -0.4 is 5.32 Å². The van der Waals surface area contributed by atoms with Gasteiger partial charge in [-0.05, 0) is 35.7 Å². The number of hydrogen-bond donors (Lipinski definition) is 1.